The molecule has 12 heteroatoms. The fourth-order valence-corrected chi connectivity index (χ4v) is 6.29. The van der Waals surface area contributed by atoms with Gasteiger partial charge in [-0.2, -0.15) is 5.10 Å². The number of carbonyl (C=O) groups excluding carboxylic acids is 3. The summed E-state index contributed by atoms with van der Waals surface area (Å²) in [5, 5.41) is 9.89. The normalized spacial score (nSPS) is 18.9. The molecule has 47 heavy (non-hydrogen) atoms. The van der Waals surface area contributed by atoms with E-state index in [2.05, 4.69) is 20.5 Å². The number of fused-ring (bicyclic) bond motifs is 4. The van der Waals surface area contributed by atoms with E-state index in [0.29, 0.717) is 29.9 Å². The number of Topliss-reactive ketones (excluding diaryl/α,β-unsaturated/α-hetero) is 1. The predicted octanol–water partition coefficient (Wildman–Crippen LogP) is 3.03. The molecular weight excluding hydrogens is 618 g/mol. The number of hydrogen-bond donors (Lipinski definition) is 3. The molecule has 0 radical (unpaired) electrons. The molecule has 3 N–H and O–H groups in total. The minimum absolute atomic E-state index is 0.0125. The molecule has 11 nitrogen and oxygen atoms in total. The van der Waals surface area contributed by atoms with Gasteiger partial charge in [-0.25, -0.2) is 13.1 Å². The summed E-state index contributed by atoms with van der Waals surface area (Å²) >= 11 is 0. The van der Waals surface area contributed by atoms with Gasteiger partial charge in [-0.3, -0.25) is 19.1 Å². The molecule has 5 rings (SSSR count). The number of benzene rings is 3. The van der Waals surface area contributed by atoms with E-state index >= 15 is 0 Å². The summed E-state index contributed by atoms with van der Waals surface area (Å²) in [6.07, 6.45) is 6.05. The third-order valence-electron chi connectivity index (χ3n) is 7.91. The van der Waals surface area contributed by atoms with Gasteiger partial charge in [0.2, 0.25) is 21.8 Å². The molecule has 3 atom stereocenters. The van der Waals surface area contributed by atoms with Crippen LogP contribution in [0.1, 0.15) is 35.1 Å². The second-order valence-corrected chi connectivity index (χ2v) is 13.7. The minimum atomic E-state index is -3.80. The van der Waals surface area contributed by atoms with Gasteiger partial charge in [0.15, 0.2) is 5.78 Å². The molecule has 0 fully saturated rings. The van der Waals surface area contributed by atoms with E-state index in [4.69, 9.17) is 4.74 Å². The van der Waals surface area contributed by atoms with E-state index in [9.17, 15) is 22.8 Å². The van der Waals surface area contributed by atoms with Crippen molar-refractivity contribution in [3.8, 4) is 11.5 Å². The number of sulfonamides is 1. The molecular formula is C35H39N5O6S. The highest BCUT2D eigenvalue weighted by Crippen LogP contribution is 2.25. The zero-order valence-corrected chi connectivity index (χ0v) is 27.2. The first-order chi connectivity index (χ1) is 22.5. The van der Waals surface area contributed by atoms with Crippen molar-refractivity contribution in [2.75, 3.05) is 6.26 Å². The molecule has 3 aromatic carbocycles. The molecule has 1 aromatic heterocycles. The van der Waals surface area contributed by atoms with Crippen LogP contribution in [0.2, 0.25) is 0 Å². The van der Waals surface area contributed by atoms with Gasteiger partial charge in [-0.05, 0) is 78.6 Å². The fraction of sp³-hybridized carbons (Fsp3) is 0.314. The fourth-order valence-electron chi connectivity index (χ4n) is 5.58. The van der Waals surface area contributed by atoms with Crippen molar-refractivity contribution >= 4 is 27.6 Å². The molecule has 246 valence electrons. The maximum Gasteiger partial charge on any atom is 0.243 e. The molecule has 2 amide bonds. The maximum absolute atomic E-state index is 14.0. The topological polar surface area (TPSA) is 148 Å². The summed E-state index contributed by atoms with van der Waals surface area (Å²) in [5.41, 5.74) is 3.31. The van der Waals surface area contributed by atoms with Crippen molar-refractivity contribution in [1.29, 1.82) is 0 Å². The summed E-state index contributed by atoms with van der Waals surface area (Å²) < 4.78 is 34.9. The third kappa shape index (κ3) is 10.1. The van der Waals surface area contributed by atoms with E-state index in [0.717, 1.165) is 22.9 Å². The number of aryl methyl sites for hydroxylation is 3. The van der Waals surface area contributed by atoms with Crippen LogP contribution in [-0.2, 0) is 57.1 Å². The predicted molar refractivity (Wildman–Crippen MR) is 177 cm³/mol. The Morgan fingerprint density at radius 2 is 1.57 bits per heavy atom. The lowest BCUT2D eigenvalue weighted by Crippen LogP contribution is -2.56. The Hall–Kier alpha value is -4.81. The Balaban J connectivity index is 1.49. The van der Waals surface area contributed by atoms with Gasteiger partial charge in [0.25, 0.3) is 0 Å². The van der Waals surface area contributed by atoms with Gasteiger partial charge in [0.1, 0.15) is 23.6 Å². The monoisotopic (exact) mass is 657 g/mol. The van der Waals surface area contributed by atoms with Gasteiger partial charge in [-0.1, -0.05) is 54.6 Å². The molecule has 0 saturated heterocycles. The lowest BCUT2D eigenvalue weighted by molar-refractivity contribution is -0.132. The van der Waals surface area contributed by atoms with Crippen LogP contribution in [0.4, 0.5) is 0 Å². The lowest BCUT2D eigenvalue weighted by Gasteiger charge is -2.26. The molecule has 1 aliphatic heterocycles. The maximum atomic E-state index is 14.0. The van der Waals surface area contributed by atoms with Crippen LogP contribution in [0.15, 0.2) is 91.3 Å². The largest absolute Gasteiger partial charge is 0.457 e. The SMILES string of the molecule is Cn1cc(CCC(=O)[C@@H]2Cc3cccc(c3)Oc3cccc(c3)C[C@H](NS(C)(=O)=O)C(=O)N[C@@H](CCc3ccccc3)C(=O)N2)cn1. The molecule has 4 bridgehead atoms. The Kier molecular flexibility index (Phi) is 10.8. The smallest absolute Gasteiger partial charge is 0.243 e. The average Bonchev–Trinajstić information content (AvgIpc) is 3.45. The van der Waals surface area contributed by atoms with Gasteiger partial charge in [0, 0.05) is 19.7 Å². The van der Waals surface area contributed by atoms with Crippen molar-refractivity contribution < 1.29 is 27.5 Å². The number of amides is 2. The van der Waals surface area contributed by atoms with Gasteiger partial charge < -0.3 is 15.4 Å². The highest BCUT2D eigenvalue weighted by molar-refractivity contribution is 7.88. The molecule has 4 aromatic rings. The average molecular weight is 658 g/mol. The number of ether oxygens (including phenoxy) is 1. The second-order valence-electron chi connectivity index (χ2n) is 11.9. The summed E-state index contributed by atoms with van der Waals surface area (Å²) in [7, 11) is -2.00. The first-order valence-electron chi connectivity index (χ1n) is 15.5. The van der Waals surface area contributed by atoms with Crippen LogP contribution in [0, 0.1) is 0 Å². The van der Waals surface area contributed by atoms with Crippen molar-refractivity contribution in [1.82, 2.24) is 25.1 Å². The lowest BCUT2D eigenvalue weighted by atomic mass is 9.97. The minimum Gasteiger partial charge on any atom is -0.457 e. The van der Waals surface area contributed by atoms with Crippen LogP contribution < -0.4 is 20.1 Å². The molecule has 0 aliphatic carbocycles. The van der Waals surface area contributed by atoms with Crippen molar-refractivity contribution in [3.05, 3.63) is 114 Å². The molecule has 1 aliphatic rings. The van der Waals surface area contributed by atoms with E-state index in [1.807, 2.05) is 54.7 Å². The summed E-state index contributed by atoms with van der Waals surface area (Å²) in [6, 6.07) is 20.7. The Bertz CT molecular complexity index is 1820. The number of ketones is 1. The summed E-state index contributed by atoms with van der Waals surface area (Å²) in [4.78, 5) is 41.4. The van der Waals surface area contributed by atoms with Crippen molar-refractivity contribution in [2.45, 2.75) is 56.7 Å². The first kappa shape index (κ1) is 33.6. The summed E-state index contributed by atoms with van der Waals surface area (Å²) in [6.45, 7) is 0. The van der Waals surface area contributed by atoms with E-state index in [-0.39, 0.29) is 31.5 Å². The summed E-state index contributed by atoms with van der Waals surface area (Å²) in [5.74, 6) is -0.334. The van der Waals surface area contributed by atoms with Gasteiger partial charge in [-0.15, -0.1) is 0 Å². The van der Waals surface area contributed by atoms with Gasteiger partial charge in [0.05, 0.1) is 18.5 Å². The number of hydrogen-bond acceptors (Lipinski definition) is 7. The second kappa shape index (κ2) is 15.2. The highest BCUT2D eigenvalue weighted by atomic mass is 32.2. The highest BCUT2D eigenvalue weighted by Gasteiger charge is 2.30. The number of nitrogens with zero attached hydrogens (tertiary/aromatic N) is 2. The zero-order chi connectivity index (χ0) is 33.4. The Labute approximate surface area is 274 Å². The van der Waals surface area contributed by atoms with Gasteiger partial charge >= 0.3 is 0 Å². The Morgan fingerprint density at radius 1 is 0.894 bits per heavy atom. The van der Waals surface area contributed by atoms with Crippen molar-refractivity contribution in [3.63, 3.8) is 0 Å². The number of carbonyl (C=O) groups is 3. The zero-order valence-electron chi connectivity index (χ0n) is 26.4. The molecule has 0 spiro atoms. The molecule has 0 saturated carbocycles. The standard InChI is InChI=1S/C35H39N5O6S/c1-40-23-27(22-36-40)15-17-33(41)31-20-25-10-6-12-28(18-25)46-29-13-7-11-26(19-29)21-32(39-47(2,44)45)35(43)37-30(34(42)38-31)16-14-24-8-4-3-5-9-24/h3-13,18-19,22-23,30-32,39H,14-17,20-21H2,1-2H3,(H,37,43)(H,38,42)/t30-,31-,32-/m0/s1. The Morgan fingerprint density at radius 3 is 2.21 bits per heavy atom. The van der Waals surface area contributed by atoms with E-state index in [1.165, 1.54) is 0 Å². The molecule has 2 heterocycles. The quantitative estimate of drug-likeness (QED) is 0.251. The third-order valence-corrected chi connectivity index (χ3v) is 8.62. The number of rotatable bonds is 9. The van der Waals surface area contributed by atoms with Crippen LogP contribution in [-0.4, -0.2) is 60.2 Å². The van der Waals surface area contributed by atoms with Crippen LogP contribution in [0.5, 0.6) is 11.5 Å². The number of nitrogens with one attached hydrogen (secondary N) is 3. The van der Waals surface area contributed by atoms with E-state index < -0.39 is 40.0 Å². The van der Waals surface area contributed by atoms with Crippen LogP contribution in [0.3, 0.4) is 0 Å². The van der Waals surface area contributed by atoms with Crippen LogP contribution >= 0.6 is 0 Å². The van der Waals surface area contributed by atoms with E-state index in [1.54, 1.807) is 48.3 Å². The van der Waals surface area contributed by atoms with Crippen molar-refractivity contribution in [2.24, 2.45) is 7.05 Å². The molecule has 0 unspecified atom stereocenters. The van der Waals surface area contributed by atoms with Crippen LogP contribution in [0.25, 0.3) is 0 Å². The first-order valence-corrected chi connectivity index (χ1v) is 17.4. The number of aromatic nitrogens is 2.